The molecule has 0 aliphatic carbocycles. The number of carbonyl (C=O) groups is 1. The van der Waals surface area contributed by atoms with Crippen LogP contribution in [0, 0.1) is 10.1 Å². The molecule has 41 heavy (non-hydrogen) atoms. The van der Waals surface area contributed by atoms with Gasteiger partial charge in [0.15, 0.2) is 5.75 Å². The number of rotatable bonds is 26. The van der Waals surface area contributed by atoms with E-state index in [9.17, 15) is 25.1 Å². The van der Waals surface area contributed by atoms with Crippen molar-refractivity contribution in [2.45, 2.75) is 175 Å². The molecule has 236 valence electrons. The maximum Gasteiger partial charge on any atom is 0.511 e. The fraction of sp³-hybridized carbons (Fsp3) is 0.794. The number of hydrogen-bond acceptors (Lipinski definition) is 5. The van der Waals surface area contributed by atoms with E-state index in [1.165, 1.54) is 77.0 Å². The summed E-state index contributed by atoms with van der Waals surface area (Å²) in [4.78, 5) is 23.3. The van der Waals surface area contributed by atoms with Crippen LogP contribution in [0.15, 0.2) is 0 Å². The van der Waals surface area contributed by atoms with Gasteiger partial charge in [-0.3, -0.25) is 10.1 Å². The zero-order valence-corrected chi connectivity index (χ0v) is 26.4. The molecule has 0 bridgehead atoms. The first kappa shape index (κ1) is 36.7. The molecular weight excluding hydrogens is 518 g/mol. The van der Waals surface area contributed by atoms with Crippen molar-refractivity contribution in [1.82, 2.24) is 0 Å². The highest BCUT2D eigenvalue weighted by Gasteiger charge is 2.32. The SMILES string of the molecule is CCCCCCCCCc1c(CCCCCCCCC)c(OC(=O)O)c(O)c([N+](=O)[O-])c1CCCCCCCCC. The van der Waals surface area contributed by atoms with Gasteiger partial charge >= 0.3 is 11.8 Å². The summed E-state index contributed by atoms with van der Waals surface area (Å²) in [5.74, 6) is -0.854. The standard InChI is InChI=1S/C34H59NO6/c1-4-7-10-13-16-19-22-25-28-29(26-23-20-17-14-11-8-5-2)31(35(39)40)32(36)33(41-34(37)38)30(28)27-24-21-18-15-12-9-6-3/h36H,4-27H2,1-3H3,(H,37,38). The lowest BCUT2D eigenvalue weighted by Crippen LogP contribution is -2.12. The van der Waals surface area contributed by atoms with Crippen LogP contribution < -0.4 is 4.74 Å². The Labute approximate surface area is 249 Å². The summed E-state index contributed by atoms with van der Waals surface area (Å²) in [5.41, 5.74) is 1.72. The van der Waals surface area contributed by atoms with Crippen molar-refractivity contribution in [2.75, 3.05) is 0 Å². The van der Waals surface area contributed by atoms with Crippen molar-refractivity contribution >= 4 is 11.8 Å². The fourth-order valence-corrected chi connectivity index (χ4v) is 5.86. The number of nitrogens with zero attached hydrogens (tertiary/aromatic N) is 1. The first-order valence-electron chi connectivity index (χ1n) is 16.8. The average molecular weight is 578 g/mol. The van der Waals surface area contributed by atoms with Crippen LogP contribution in [0.25, 0.3) is 0 Å². The lowest BCUT2D eigenvalue weighted by molar-refractivity contribution is -0.386. The summed E-state index contributed by atoms with van der Waals surface area (Å²) in [6.45, 7) is 6.59. The zero-order valence-electron chi connectivity index (χ0n) is 26.4. The molecule has 1 aromatic carbocycles. The molecule has 0 atom stereocenters. The van der Waals surface area contributed by atoms with Gasteiger partial charge in [-0.2, -0.15) is 0 Å². The number of unbranched alkanes of at least 4 members (excludes halogenated alkanes) is 18. The highest BCUT2D eigenvalue weighted by atomic mass is 16.7. The molecule has 0 aliphatic heterocycles. The molecule has 7 nitrogen and oxygen atoms in total. The van der Waals surface area contributed by atoms with Gasteiger partial charge in [-0.25, -0.2) is 4.79 Å². The molecule has 0 saturated heterocycles. The minimum Gasteiger partial charge on any atom is -0.499 e. The Kier molecular flexibility index (Phi) is 20.8. The number of phenols is 1. The maximum absolute atomic E-state index is 12.3. The van der Waals surface area contributed by atoms with Gasteiger partial charge in [-0.1, -0.05) is 136 Å². The van der Waals surface area contributed by atoms with Gasteiger partial charge in [-0.05, 0) is 44.1 Å². The minimum atomic E-state index is -1.56. The van der Waals surface area contributed by atoms with Gasteiger partial charge in [0.05, 0.1) is 4.92 Å². The third-order valence-electron chi connectivity index (χ3n) is 8.19. The summed E-state index contributed by atoms with van der Waals surface area (Å²) in [7, 11) is 0. The summed E-state index contributed by atoms with van der Waals surface area (Å²) in [6, 6.07) is 0. The number of nitro benzene ring substituents is 1. The number of phenolic OH excluding ortho intramolecular Hbond substituents is 1. The number of ether oxygens (including phenoxy) is 1. The fourth-order valence-electron chi connectivity index (χ4n) is 5.86. The second kappa shape index (κ2) is 23.3. The lowest BCUT2D eigenvalue weighted by Gasteiger charge is -2.20. The largest absolute Gasteiger partial charge is 0.511 e. The van der Waals surface area contributed by atoms with E-state index in [2.05, 4.69) is 20.8 Å². The number of benzene rings is 1. The molecule has 0 spiro atoms. The second-order valence-corrected chi connectivity index (χ2v) is 11.7. The van der Waals surface area contributed by atoms with E-state index in [4.69, 9.17) is 4.74 Å². The summed E-state index contributed by atoms with van der Waals surface area (Å²) >= 11 is 0. The second-order valence-electron chi connectivity index (χ2n) is 11.7. The molecule has 2 N–H and O–H groups in total. The van der Waals surface area contributed by atoms with Crippen molar-refractivity contribution in [1.29, 1.82) is 0 Å². The van der Waals surface area contributed by atoms with E-state index in [-0.39, 0.29) is 11.4 Å². The molecule has 0 heterocycles. The predicted molar refractivity (Wildman–Crippen MR) is 169 cm³/mol. The lowest BCUT2D eigenvalue weighted by atomic mass is 9.87. The zero-order chi connectivity index (χ0) is 30.3. The first-order valence-corrected chi connectivity index (χ1v) is 16.8. The van der Waals surface area contributed by atoms with Crippen molar-refractivity contribution in [2.24, 2.45) is 0 Å². The topological polar surface area (TPSA) is 110 Å². The summed E-state index contributed by atoms with van der Waals surface area (Å²) in [5, 5.41) is 32.8. The van der Waals surface area contributed by atoms with Crippen molar-refractivity contribution < 1.29 is 24.7 Å². The molecule has 1 rings (SSSR count). The Morgan fingerprint density at radius 1 is 0.610 bits per heavy atom. The van der Waals surface area contributed by atoms with Crippen LogP contribution >= 0.6 is 0 Å². The number of carboxylic acid groups (broad SMARTS) is 1. The van der Waals surface area contributed by atoms with Crippen molar-refractivity contribution in [3.05, 3.63) is 26.8 Å². The Balaban J connectivity index is 3.26. The molecular formula is C34H59NO6. The molecule has 0 unspecified atom stereocenters. The van der Waals surface area contributed by atoms with Crippen LogP contribution in [-0.2, 0) is 19.3 Å². The van der Waals surface area contributed by atoms with E-state index in [0.717, 1.165) is 63.4 Å². The van der Waals surface area contributed by atoms with Crippen LogP contribution in [0.4, 0.5) is 10.5 Å². The highest BCUT2D eigenvalue weighted by Crippen LogP contribution is 2.46. The molecule has 0 aliphatic rings. The molecule has 0 saturated carbocycles. The summed E-state index contributed by atoms with van der Waals surface area (Å²) < 4.78 is 5.09. The average Bonchev–Trinajstić information content (AvgIpc) is 2.93. The smallest absolute Gasteiger partial charge is 0.499 e. The van der Waals surface area contributed by atoms with E-state index >= 15 is 0 Å². The summed E-state index contributed by atoms with van der Waals surface area (Å²) in [6.07, 6.45) is 23.5. The highest BCUT2D eigenvalue weighted by molar-refractivity contribution is 5.72. The Morgan fingerprint density at radius 3 is 1.32 bits per heavy atom. The first-order chi connectivity index (χ1) is 19.9. The number of aromatic hydroxyl groups is 1. The van der Waals surface area contributed by atoms with Gasteiger partial charge in [0, 0.05) is 11.1 Å². The quantitative estimate of drug-likeness (QED) is 0.0372. The van der Waals surface area contributed by atoms with Crippen LogP contribution in [0.3, 0.4) is 0 Å². The molecule has 7 heteroatoms. The van der Waals surface area contributed by atoms with Crippen LogP contribution in [0.1, 0.15) is 172 Å². The van der Waals surface area contributed by atoms with Gasteiger partial charge < -0.3 is 14.9 Å². The number of nitro groups is 1. The van der Waals surface area contributed by atoms with Gasteiger partial charge in [0.25, 0.3) is 0 Å². The van der Waals surface area contributed by atoms with Crippen LogP contribution in [-0.4, -0.2) is 21.3 Å². The third kappa shape index (κ3) is 14.9. The monoisotopic (exact) mass is 577 g/mol. The Bertz CT molecular complexity index is 870. The normalized spacial score (nSPS) is 11.2. The Hall–Kier alpha value is -2.31. The molecule has 1 aromatic rings. The Morgan fingerprint density at radius 2 is 0.951 bits per heavy atom. The van der Waals surface area contributed by atoms with Crippen molar-refractivity contribution in [3.63, 3.8) is 0 Å². The van der Waals surface area contributed by atoms with Gasteiger partial charge in [0.1, 0.15) is 0 Å². The maximum atomic E-state index is 12.3. The molecule has 0 fully saturated rings. The predicted octanol–water partition coefficient (Wildman–Crippen LogP) is 11.2. The van der Waals surface area contributed by atoms with Crippen LogP contribution in [0.5, 0.6) is 11.5 Å². The molecule has 0 amide bonds. The van der Waals surface area contributed by atoms with E-state index in [0.29, 0.717) is 30.4 Å². The third-order valence-corrected chi connectivity index (χ3v) is 8.19. The minimum absolute atomic E-state index is 0.226. The van der Waals surface area contributed by atoms with E-state index in [1.807, 2.05) is 0 Å². The van der Waals surface area contributed by atoms with Gasteiger partial charge in [-0.15, -0.1) is 0 Å². The van der Waals surface area contributed by atoms with E-state index < -0.39 is 16.8 Å². The number of hydrogen-bond donors (Lipinski definition) is 2. The van der Waals surface area contributed by atoms with Crippen molar-refractivity contribution in [3.8, 4) is 11.5 Å². The van der Waals surface area contributed by atoms with Crippen LogP contribution in [0.2, 0.25) is 0 Å². The molecule has 0 radical (unpaired) electrons. The molecule has 0 aromatic heterocycles. The van der Waals surface area contributed by atoms with Gasteiger partial charge in [0.2, 0.25) is 5.75 Å². The van der Waals surface area contributed by atoms with E-state index in [1.54, 1.807) is 0 Å².